The van der Waals surface area contributed by atoms with Gasteiger partial charge in [0.2, 0.25) is 0 Å². The average molecular weight is 184 g/mol. The van der Waals surface area contributed by atoms with Crippen molar-refractivity contribution < 1.29 is 15.0 Å². The Morgan fingerprint density at radius 1 is 1.00 bits per heavy atom. The monoisotopic (exact) mass is 184 g/mol. The number of fused-ring (bicyclic) bond motifs is 2. The van der Waals surface area contributed by atoms with E-state index < -0.39 is 5.97 Å². The van der Waals surface area contributed by atoms with Crippen LogP contribution in [0.3, 0.4) is 0 Å². The number of rotatable bonds is 1. The van der Waals surface area contributed by atoms with Crippen molar-refractivity contribution in [2.45, 2.75) is 38.2 Å². The summed E-state index contributed by atoms with van der Waals surface area (Å²) in [6, 6.07) is 0. The molecule has 74 valence electrons. The van der Waals surface area contributed by atoms with E-state index in [1.54, 1.807) is 0 Å². The zero-order chi connectivity index (χ0) is 9.42. The van der Waals surface area contributed by atoms with Gasteiger partial charge in [0, 0.05) is 0 Å². The van der Waals surface area contributed by atoms with Gasteiger partial charge in [-0.25, -0.2) is 0 Å². The quantitative estimate of drug-likeness (QED) is 0.645. The Bertz CT molecular complexity index is 196. The van der Waals surface area contributed by atoms with Gasteiger partial charge in [0.05, 0.1) is 12.0 Å². The molecule has 0 aromatic heterocycles. The SMILES string of the molecule is O=C(O)C1C[C@H]2CC(O)C[C@@H](C1)C2. The lowest BCUT2D eigenvalue weighted by atomic mass is 9.67. The summed E-state index contributed by atoms with van der Waals surface area (Å²) in [5.74, 6) is 0.134. The zero-order valence-corrected chi connectivity index (χ0v) is 7.65. The van der Waals surface area contributed by atoms with Gasteiger partial charge >= 0.3 is 5.97 Å². The van der Waals surface area contributed by atoms with Crippen LogP contribution in [-0.4, -0.2) is 22.3 Å². The molecular weight excluding hydrogens is 168 g/mol. The molecule has 2 unspecified atom stereocenters. The molecule has 3 nitrogen and oxygen atoms in total. The molecule has 0 spiro atoms. The number of hydrogen-bond donors (Lipinski definition) is 2. The van der Waals surface area contributed by atoms with Crippen molar-refractivity contribution in [3.8, 4) is 0 Å². The van der Waals surface area contributed by atoms with Crippen LogP contribution >= 0.6 is 0 Å². The van der Waals surface area contributed by atoms with Crippen molar-refractivity contribution in [2.75, 3.05) is 0 Å². The van der Waals surface area contributed by atoms with E-state index in [0.29, 0.717) is 11.8 Å². The number of aliphatic hydroxyl groups is 1. The minimum atomic E-state index is -0.647. The maximum Gasteiger partial charge on any atom is 0.306 e. The maximum absolute atomic E-state index is 10.8. The van der Waals surface area contributed by atoms with Crippen molar-refractivity contribution in [3.63, 3.8) is 0 Å². The molecule has 0 heterocycles. The van der Waals surface area contributed by atoms with Gasteiger partial charge < -0.3 is 10.2 Å². The van der Waals surface area contributed by atoms with E-state index in [1.165, 1.54) is 0 Å². The van der Waals surface area contributed by atoms with E-state index in [9.17, 15) is 9.90 Å². The largest absolute Gasteiger partial charge is 0.481 e. The molecule has 2 rings (SSSR count). The lowest BCUT2D eigenvalue weighted by molar-refractivity contribution is -0.145. The second-order valence-electron chi connectivity index (χ2n) is 4.60. The third kappa shape index (κ3) is 1.85. The summed E-state index contributed by atoms with van der Waals surface area (Å²) >= 11 is 0. The molecule has 3 heteroatoms. The molecular formula is C10H16O3. The summed E-state index contributed by atoms with van der Waals surface area (Å²) in [4.78, 5) is 10.8. The summed E-state index contributed by atoms with van der Waals surface area (Å²) in [5.41, 5.74) is 0. The van der Waals surface area contributed by atoms with Crippen LogP contribution in [0.15, 0.2) is 0 Å². The lowest BCUT2D eigenvalue weighted by Crippen LogP contribution is -2.35. The predicted molar refractivity (Wildman–Crippen MR) is 47.2 cm³/mol. The molecule has 2 aliphatic carbocycles. The number of carboxylic acids is 1. The fraction of sp³-hybridized carbons (Fsp3) is 0.900. The Morgan fingerprint density at radius 3 is 2.00 bits per heavy atom. The summed E-state index contributed by atoms with van der Waals surface area (Å²) in [6.07, 6.45) is 4.17. The maximum atomic E-state index is 10.8. The van der Waals surface area contributed by atoms with Crippen molar-refractivity contribution in [3.05, 3.63) is 0 Å². The molecule has 2 bridgehead atoms. The second-order valence-corrected chi connectivity index (χ2v) is 4.60. The highest BCUT2D eigenvalue weighted by molar-refractivity contribution is 5.70. The molecule has 4 atom stereocenters. The first-order valence-electron chi connectivity index (χ1n) is 5.06. The minimum absolute atomic E-state index is 0.142. The van der Waals surface area contributed by atoms with Crippen LogP contribution in [0.25, 0.3) is 0 Å². The van der Waals surface area contributed by atoms with Crippen LogP contribution < -0.4 is 0 Å². The second kappa shape index (κ2) is 3.29. The van der Waals surface area contributed by atoms with Crippen molar-refractivity contribution in [1.82, 2.24) is 0 Å². The highest BCUT2D eigenvalue weighted by atomic mass is 16.4. The first-order valence-corrected chi connectivity index (χ1v) is 5.06. The Kier molecular flexibility index (Phi) is 2.28. The number of hydrogen-bond acceptors (Lipinski definition) is 2. The predicted octanol–water partition coefficient (Wildman–Crippen LogP) is 1.26. The summed E-state index contributed by atoms with van der Waals surface area (Å²) in [5, 5.41) is 18.4. The Labute approximate surface area is 77.8 Å². The van der Waals surface area contributed by atoms with Crippen molar-refractivity contribution in [2.24, 2.45) is 17.8 Å². The van der Waals surface area contributed by atoms with Crippen molar-refractivity contribution in [1.29, 1.82) is 0 Å². The summed E-state index contributed by atoms with van der Waals surface area (Å²) < 4.78 is 0. The van der Waals surface area contributed by atoms with E-state index in [1.807, 2.05) is 0 Å². The summed E-state index contributed by atoms with van der Waals surface area (Å²) in [6.45, 7) is 0. The van der Waals surface area contributed by atoms with Crippen LogP contribution in [-0.2, 0) is 4.79 Å². The van der Waals surface area contributed by atoms with E-state index in [0.717, 1.165) is 32.1 Å². The molecule has 0 radical (unpaired) electrons. The third-order valence-corrected chi connectivity index (χ3v) is 3.46. The normalized spacial score (nSPS) is 44.4. The molecule has 0 amide bonds. The third-order valence-electron chi connectivity index (χ3n) is 3.46. The minimum Gasteiger partial charge on any atom is -0.481 e. The molecule has 0 saturated heterocycles. The molecule has 13 heavy (non-hydrogen) atoms. The highest BCUT2D eigenvalue weighted by Gasteiger charge is 2.37. The lowest BCUT2D eigenvalue weighted by Gasteiger charge is -2.39. The number of carbonyl (C=O) groups is 1. The van der Waals surface area contributed by atoms with Gasteiger partial charge in [0.1, 0.15) is 0 Å². The van der Waals surface area contributed by atoms with E-state index in [4.69, 9.17) is 5.11 Å². The molecule has 0 aromatic rings. The van der Waals surface area contributed by atoms with Crippen LogP contribution in [0.1, 0.15) is 32.1 Å². The molecule has 0 aromatic carbocycles. The van der Waals surface area contributed by atoms with Gasteiger partial charge in [-0.15, -0.1) is 0 Å². The van der Waals surface area contributed by atoms with Gasteiger partial charge in [-0.1, -0.05) is 0 Å². The summed E-state index contributed by atoms with van der Waals surface area (Å²) in [7, 11) is 0. The molecule has 2 saturated carbocycles. The Hall–Kier alpha value is -0.570. The highest BCUT2D eigenvalue weighted by Crippen LogP contribution is 2.42. The topological polar surface area (TPSA) is 57.5 Å². The van der Waals surface area contributed by atoms with Crippen LogP contribution in [0.5, 0.6) is 0 Å². The van der Waals surface area contributed by atoms with Gasteiger partial charge in [0.25, 0.3) is 0 Å². The molecule has 2 aliphatic rings. The van der Waals surface area contributed by atoms with Crippen LogP contribution in [0.4, 0.5) is 0 Å². The van der Waals surface area contributed by atoms with Gasteiger partial charge in [0.15, 0.2) is 0 Å². The standard InChI is InChI=1S/C10H16O3/c11-9-4-6-1-7(5-9)3-8(2-6)10(12)13/h6-9,11H,1-5H2,(H,12,13)/t6-,7+,8?,9?. The van der Waals surface area contributed by atoms with E-state index in [2.05, 4.69) is 0 Å². The number of aliphatic hydroxyl groups excluding tert-OH is 1. The Morgan fingerprint density at radius 2 is 1.54 bits per heavy atom. The van der Waals surface area contributed by atoms with Crippen molar-refractivity contribution >= 4 is 5.97 Å². The first-order chi connectivity index (χ1) is 6.15. The Balaban J connectivity index is 2.01. The first kappa shape index (κ1) is 9.00. The van der Waals surface area contributed by atoms with E-state index in [-0.39, 0.29) is 12.0 Å². The molecule has 2 fully saturated rings. The fourth-order valence-electron chi connectivity index (χ4n) is 3.02. The molecule has 2 N–H and O–H groups in total. The van der Waals surface area contributed by atoms with Gasteiger partial charge in [-0.05, 0) is 43.9 Å². The number of aliphatic carboxylic acids is 1. The van der Waals surface area contributed by atoms with Crippen LogP contribution in [0.2, 0.25) is 0 Å². The number of carboxylic acid groups (broad SMARTS) is 1. The molecule has 0 aliphatic heterocycles. The van der Waals surface area contributed by atoms with Gasteiger partial charge in [-0.2, -0.15) is 0 Å². The van der Waals surface area contributed by atoms with E-state index >= 15 is 0 Å². The van der Waals surface area contributed by atoms with Gasteiger partial charge in [-0.3, -0.25) is 4.79 Å². The smallest absolute Gasteiger partial charge is 0.306 e. The zero-order valence-electron chi connectivity index (χ0n) is 7.65. The average Bonchev–Trinajstić information content (AvgIpc) is 2.01. The van der Waals surface area contributed by atoms with Crippen LogP contribution in [0, 0.1) is 17.8 Å². The fourth-order valence-corrected chi connectivity index (χ4v) is 3.02.